The lowest BCUT2D eigenvalue weighted by molar-refractivity contribution is -0.384. The van der Waals surface area contributed by atoms with Crippen molar-refractivity contribution in [2.45, 2.75) is 39.0 Å². The van der Waals surface area contributed by atoms with Gasteiger partial charge in [0.25, 0.3) is 11.6 Å². The molecule has 0 unspecified atom stereocenters. The van der Waals surface area contributed by atoms with E-state index in [1.54, 1.807) is 0 Å². The summed E-state index contributed by atoms with van der Waals surface area (Å²) < 4.78 is 5.11. The second-order valence-corrected chi connectivity index (χ2v) is 5.60. The Morgan fingerprint density at radius 1 is 1.12 bits per heavy atom. The van der Waals surface area contributed by atoms with Gasteiger partial charge in [-0.05, 0) is 18.6 Å². The van der Waals surface area contributed by atoms with E-state index in [4.69, 9.17) is 4.74 Å². The number of non-ortho nitro benzene ring substituents is 1. The van der Waals surface area contributed by atoms with Crippen LogP contribution in [0.4, 0.5) is 5.69 Å². The van der Waals surface area contributed by atoms with E-state index in [2.05, 4.69) is 6.92 Å². The lowest BCUT2D eigenvalue weighted by Crippen LogP contribution is -2.33. The third-order valence-electron chi connectivity index (χ3n) is 3.55. The molecule has 0 spiro atoms. The van der Waals surface area contributed by atoms with Gasteiger partial charge in [0.1, 0.15) is 6.54 Å². The molecule has 0 radical (unpaired) electrons. The van der Waals surface area contributed by atoms with Crippen LogP contribution in [0.5, 0.6) is 0 Å². The first kappa shape index (κ1) is 19.6. The Morgan fingerprint density at radius 3 is 2.33 bits per heavy atom. The van der Waals surface area contributed by atoms with Crippen molar-refractivity contribution in [1.82, 2.24) is 4.90 Å². The quantitative estimate of drug-likeness (QED) is 0.283. The molecule has 0 saturated heterocycles. The minimum absolute atomic E-state index is 0.0864. The van der Waals surface area contributed by atoms with Crippen LogP contribution in [-0.2, 0) is 9.53 Å². The smallest absolute Gasteiger partial charge is 0.325 e. The number of nitro groups is 1. The van der Waals surface area contributed by atoms with Crippen LogP contribution in [0.25, 0.3) is 0 Å². The molecule has 0 saturated carbocycles. The minimum Gasteiger partial charge on any atom is -0.464 e. The maximum Gasteiger partial charge on any atom is 0.325 e. The number of hydrogen-bond acceptors (Lipinski definition) is 5. The maximum atomic E-state index is 12.2. The first-order valence-corrected chi connectivity index (χ1v) is 8.11. The Kier molecular flexibility index (Phi) is 8.46. The number of unbranched alkanes of at least 4 members (excludes halogenated alkanes) is 4. The van der Waals surface area contributed by atoms with Crippen molar-refractivity contribution in [3.05, 3.63) is 39.9 Å². The van der Waals surface area contributed by atoms with Gasteiger partial charge in [-0.2, -0.15) is 0 Å². The fraction of sp³-hybridized carbons (Fsp3) is 0.529. The highest BCUT2D eigenvalue weighted by Gasteiger charge is 2.16. The van der Waals surface area contributed by atoms with Gasteiger partial charge < -0.3 is 9.64 Å². The van der Waals surface area contributed by atoms with Crippen LogP contribution < -0.4 is 0 Å². The van der Waals surface area contributed by atoms with E-state index in [-0.39, 0.29) is 23.7 Å². The van der Waals surface area contributed by atoms with Gasteiger partial charge >= 0.3 is 5.97 Å². The summed E-state index contributed by atoms with van der Waals surface area (Å²) in [5.74, 6) is -0.840. The fourth-order valence-electron chi connectivity index (χ4n) is 2.15. The molecule has 0 aliphatic heterocycles. The van der Waals surface area contributed by atoms with Gasteiger partial charge in [-0.15, -0.1) is 0 Å². The van der Waals surface area contributed by atoms with E-state index < -0.39 is 10.9 Å². The first-order chi connectivity index (χ1) is 11.5. The SMILES string of the molecule is CCCCCCCOC(=O)CN(C)C(=O)c1ccc([N+](=O)[O-])cc1. The lowest BCUT2D eigenvalue weighted by atomic mass is 10.2. The Labute approximate surface area is 141 Å². The minimum atomic E-state index is -0.532. The van der Waals surface area contributed by atoms with Crippen molar-refractivity contribution < 1.29 is 19.2 Å². The van der Waals surface area contributed by atoms with E-state index >= 15 is 0 Å². The van der Waals surface area contributed by atoms with Gasteiger partial charge in [0.05, 0.1) is 11.5 Å². The zero-order chi connectivity index (χ0) is 17.9. The number of amides is 1. The number of ether oxygens (including phenoxy) is 1. The molecule has 0 aromatic heterocycles. The van der Waals surface area contributed by atoms with Crippen LogP contribution in [0.2, 0.25) is 0 Å². The van der Waals surface area contributed by atoms with Gasteiger partial charge in [0.15, 0.2) is 0 Å². The zero-order valence-corrected chi connectivity index (χ0v) is 14.2. The summed E-state index contributed by atoms with van der Waals surface area (Å²) in [5, 5.41) is 10.6. The molecule has 0 fully saturated rings. The van der Waals surface area contributed by atoms with Crippen molar-refractivity contribution in [3.8, 4) is 0 Å². The summed E-state index contributed by atoms with van der Waals surface area (Å²) in [6, 6.07) is 5.26. The second-order valence-electron chi connectivity index (χ2n) is 5.60. The van der Waals surface area contributed by atoms with Crippen LogP contribution in [-0.4, -0.2) is 41.9 Å². The van der Waals surface area contributed by atoms with Crippen molar-refractivity contribution in [1.29, 1.82) is 0 Å². The first-order valence-electron chi connectivity index (χ1n) is 8.11. The molecule has 1 aromatic carbocycles. The molecule has 0 aliphatic rings. The molecule has 1 amide bonds. The summed E-state index contributed by atoms with van der Waals surface area (Å²) in [4.78, 5) is 35.2. The Hall–Kier alpha value is -2.44. The Bertz CT molecular complexity index is 557. The number of rotatable bonds is 10. The predicted molar refractivity (Wildman–Crippen MR) is 89.8 cm³/mol. The summed E-state index contributed by atoms with van der Waals surface area (Å²) in [7, 11) is 1.49. The summed E-state index contributed by atoms with van der Waals surface area (Å²) in [6.07, 6.45) is 5.33. The van der Waals surface area contributed by atoms with E-state index in [9.17, 15) is 19.7 Å². The third-order valence-corrected chi connectivity index (χ3v) is 3.55. The Morgan fingerprint density at radius 2 is 1.75 bits per heavy atom. The monoisotopic (exact) mass is 336 g/mol. The molecule has 7 heteroatoms. The van der Waals surface area contributed by atoms with E-state index in [0.29, 0.717) is 6.61 Å². The zero-order valence-electron chi connectivity index (χ0n) is 14.2. The van der Waals surface area contributed by atoms with Crippen LogP contribution in [0.1, 0.15) is 49.4 Å². The largest absolute Gasteiger partial charge is 0.464 e. The molecule has 132 valence electrons. The van der Waals surface area contributed by atoms with Crippen LogP contribution in [0, 0.1) is 10.1 Å². The van der Waals surface area contributed by atoms with Crippen LogP contribution >= 0.6 is 0 Å². The van der Waals surface area contributed by atoms with E-state index in [1.165, 1.54) is 42.6 Å². The highest BCUT2D eigenvalue weighted by molar-refractivity contribution is 5.95. The average molecular weight is 336 g/mol. The molecular weight excluding hydrogens is 312 g/mol. The molecule has 0 atom stereocenters. The number of likely N-dealkylation sites (N-methyl/N-ethyl adjacent to an activating group) is 1. The number of nitro benzene ring substituents is 1. The molecule has 7 nitrogen and oxygen atoms in total. The molecule has 0 aliphatic carbocycles. The molecule has 1 rings (SSSR count). The summed E-state index contributed by atoms with van der Waals surface area (Å²) in [5.41, 5.74) is 0.201. The molecule has 1 aromatic rings. The number of hydrogen-bond donors (Lipinski definition) is 0. The summed E-state index contributed by atoms with van der Waals surface area (Å²) in [6.45, 7) is 2.35. The Balaban J connectivity index is 2.37. The molecule has 0 N–H and O–H groups in total. The van der Waals surface area contributed by atoms with Gasteiger partial charge in [0, 0.05) is 24.7 Å². The molecule has 0 bridgehead atoms. The topological polar surface area (TPSA) is 89.8 Å². The van der Waals surface area contributed by atoms with Gasteiger partial charge in [-0.3, -0.25) is 19.7 Å². The van der Waals surface area contributed by atoms with E-state index in [1.807, 2.05) is 0 Å². The number of carbonyl (C=O) groups is 2. The van der Waals surface area contributed by atoms with Gasteiger partial charge in [-0.25, -0.2) is 0 Å². The highest BCUT2D eigenvalue weighted by Crippen LogP contribution is 2.13. The van der Waals surface area contributed by atoms with Crippen molar-refractivity contribution in [2.24, 2.45) is 0 Å². The van der Waals surface area contributed by atoms with Crippen LogP contribution in [0.15, 0.2) is 24.3 Å². The predicted octanol–water partition coefficient (Wildman–Crippen LogP) is 3.18. The molecule has 0 heterocycles. The fourth-order valence-corrected chi connectivity index (χ4v) is 2.15. The van der Waals surface area contributed by atoms with Gasteiger partial charge in [0.2, 0.25) is 0 Å². The number of benzene rings is 1. The summed E-state index contributed by atoms with van der Waals surface area (Å²) >= 11 is 0. The van der Waals surface area contributed by atoms with Crippen LogP contribution in [0.3, 0.4) is 0 Å². The standard InChI is InChI=1S/C17H24N2O5/c1-3-4-5-6-7-12-24-16(20)13-18(2)17(21)14-8-10-15(11-9-14)19(22)23/h8-11H,3-7,12-13H2,1-2H3. The lowest BCUT2D eigenvalue weighted by Gasteiger charge is -2.16. The number of carbonyl (C=O) groups excluding carboxylic acids is 2. The highest BCUT2D eigenvalue weighted by atomic mass is 16.6. The normalized spacial score (nSPS) is 10.2. The second kappa shape index (κ2) is 10.4. The number of esters is 1. The number of nitrogens with zero attached hydrogens (tertiary/aromatic N) is 2. The maximum absolute atomic E-state index is 12.2. The van der Waals surface area contributed by atoms with Crippen molar-refractivity contribution in [3.63, 3.8) is 0 Å². The average Bonchev–Trinajstić information content (AvgIpc) is 2.57. The molecule has 24 heavy (non-hydrogen) atoms. The van der Waals surface area contributed by atoms with Gasteiger partial charge in [-0.1, -0.05) is 32.6 Å². The molecular formula is C17H24N2O5. The van der Waals surface area contributed by atoms with Crippen molar-refractivity contribution in [2.75, 3.05) is 20.2 Å². The van der Waals surface area contributed by atoms with E-state index in [0.717, 1.165) is 25.7 Å². The third kappa shape index (κ3) is 6.76. The van der Waals surface area contributed by atoms with Crippen molar-refractivity contribution >= 4 is 17.6 Å².